The Morgan fingerprint density at radius 2 is 1.94 bits per heavy atom. The first-order chi connectivity index (χ1) is 8.46. The van der Waals surface area contributed by atoms with Crippen molar-refractivity contribution in [3.63, 3.8) is 0 Å². The van der Waals surface area contributed by atoms with Gasteiger partial charge >= 0.3 is 0 Å². The second kappa shape index (κ2) is 6.53. The van der Waals surface area contributed by atoms with Crippen molar-refractivity contribution in [2.24, 2.45) is 5.92 Å². The summed E-state index contributed by atoms with van der Waals surface area (Å²) in [5, 5.41) is 8.65. The Morgan fingerprint density at radius 1 is 1.33 bits per heavy atom. The second-order valence-electron chi connectivity index (χ2n) is 4.43. The van der Waals surface area contributed by atoms with Crippen molar-refractivity contribution in [2.75, 3.05) is 6.54 Å². The van der Waals surface area contributed by atoms with E-state index in [1.54, 1.807) is 24.3 Å². The fourth-order valence-electron chi connectivity index (χ4n) is 1.36. The molecule has 0 heterocycles. The lowest BCUT2D eigenvalue weighted by Crippen LogP contribution is -2.29. The zero-order valence-corrected chi connectivity index (χ0v) is 11.5. The predicted octanol–water partition coefficient (Wildman–Crippen LogP) is 2.02. The van der Waals surface area contributed by atoms with E-state index in [-0.39, 0.29) is 5.75 Å². The van der Waals surface area contributed by atoms with Crippen LogP contribution in [0.5, 0.6) is 0 Å². The fourth-order valence-corrected chi connectivity index (χ4v) is 2.63. The maximum atomic E-state index is 11.8. The number of nitrogens with zero attached hydrogens (tertiary/aromatic N) is 1. The van der Waals surface area contributed by atoms with Crippen molar-refractivity contribution in [1.82, 2.24) is 4.72 Å². The molecule has 0 aliphatic carbocycles. The highest BCUT2D eigenvalue weighted by atomic mass is 32.2. The maximum absolute atomic E-state index is 11.8. The molecule has 0 aliphatic rings. The normalized spacial score (nSPS) is 12.9. The van der Waals surface area contributed by atoms with Crippen molar-refractivity contribution in [1.29, 1.82) is 5.26 Å². The molecule has 5 heteroatoms. The lowest BCUT2D eigenvalue weighted by molar-refractivity contribution is 0.528. The summed E-state index contributed by atoms with van der Waals surface area (Å²) in [5.41, 5.74) is 1.22. The summed E-state index contributed by atoms with van der Waals surface area (Å²) in [6, 6.07) is 8.58. The Hall–Kier alpha value is -1.38. The zero-order chi connectivity index (χ0) is 13.6. The Balaban J connectivity index is 2.62. The van der Waals surface area contributed by atoms with Crippen LogP contribution in [0.4, 0.5) is 0 Å². The van der Waals surface area contributed by atoms with Gasteiger partial charge in [0.15, 0.2) is 0 Å². The molecule has 0 fully saturated rings. The van der Waals surface area contributed by atoms with Gasteiger partial charge in [-0.25, -0.2) is 13.1 Å². The molecule has 0 radical (unpaired) electrons. The highest BCUT2D eigenvalue weighted by molar-refractivity contribution is 7.88. The standard InChI is InChI=1S/C13H18N2O2S/c1-3-11(2)9-15-18(16,17)10-13-6-4-12(8-14)5-7-13/h4-7,11,15H,3,9-10H2,1-2H3. The second-order valence-corrected chi connectivity index (χ2v) is 6.24. The number of benzene rings is 1. The van der Waals surface area contributed by atoms with E-state index in [9.17, 15) is 8.42 Å². The van der Waals surface area contributed by atoms with Gasteiger partial charge in [-0.2, -0.15) is 5.26 Å². The van der Waals surface area contributed by atoms with Crippen molar-refractivity contribution in [3.8, 4) is 6.07 Å². The molecule has 0 bridgehead atoms. The fraction of sp³-hybridized carbons (Fsp3) is 0.462. The number of sulfonamides is 1. The summed E-state index contributed by atoms with van der Waals surface area (Å²) in [6.07, 6.45) is 0.944. The predicted molar refractivity (Wildman–Crippen MR) is 71.2 cm³/mol. The lowest BCUT2D eigenvalue weighted by Gasteiger charge is -2.10. The van der Waals surface area contributed by atoms with E-state index in [0.717, 1.165) is 6.42 Å². The molecule has 4 nitrogen and oxygen atoms in total. The number of hydrogen-bond donors (Lipinski definition) is 1. The van der Waals surface area contributed by atoms with Crippen LogP contribution in [-0.2, 0) is 15.8 Å². The highest BCUT2D eigenvalue weighted by Gasteiger charge is 2.12. The molecule has 0 aliphatic heterocycles. The lowest BCUT2D eigenvalue weighted by atomic mass is 10.1. The van der Waals surface area contributed by atoms with Gasteiger partial charge in [0.05, 0.1) is 17.4 Å². The molecule has 0 aromatic heterocycles. The van der Waals surface area contributed by atoms with Gasteiger partial charge in [-0.15, -0.1) is 0 Å². The summed E-state index contributed by atoms with van der Waals surface area (Å²) < 4.78 is 26.2. The number of nitriles is 1. The average molecular weight is 266 g/mol. The third-order valence-electron chi connectivity index (χ3n) is 2.79. The molecule has 1 aromatic rings. The van der Waals surface area contributed by atoms with Gasteiger partial charge in [0.25, 0.3) is 0 Å². The van der Waals surface area contributed by atoms with Crippen LogP contribution in [0.1, 0.15) is 31.4 Å². The molecule has 1 N–H and O–H groups in total. The van der Waals surface area contributed by atoms with E-state index in [4.69, 9.17) is 5.26 Å². The minimum atomic E-state index is -3.29. The minimum Gasteiger partial charge on any atom is -0.215 e. The molecule has 1 unspecified atom stereocenters. The monoisotopic (exact) mass is 266 g/mol. The van der Waals surface area contributed by atoms with Gasteiger partial charge in [0.1, 0.15) is 0 Å². The van der Waals surface area contributed by atoms with Gasteiger partial charge < -0.3 is 0 Å². The van der Waals surface area contributed by atoms with Crippen LogP contribution in [0.15, 0.2) is 24.3 Å². The largest absolute Gasteiger partial charge is 0.215 e. The smallest absolute Gasteiger partial charge is 0.215 e. The van der Waals surface area contributed by atoms with Crippen LogP contribution in [0.2, 0.25) is 0 Å². The van der Waals surface area contributed by atoms with Crippen molar-refractivity contribution >= 4 is 10.0 Å². The molecule has 18 heavy (non-hydrogen) atoms. The molecule has 98 valence electrons. The van der Waals surface area contributed by atoms with Crippen molar-refractivity contribution < 1.29 is 8.42 Å². The number of hydrogen-bond acceptors (Lipinski definition) is 3. The minimum absolute atomic E-state index is 0.0465. The summed E-state index contributed by atoms with van der Waals surface area (Å²) in [7, 11) is -3.29. The maximum Gasteiger partial charge on any atom is 0.215 e. The zero-order valence-electron chi connectivity index (χ0n) is 10.7. The van der Waals surface area contributed by atoms with E-state index in [2.05, 4.69) is 4.72 Å². The van der Waals surface area contributed by atoms with Gasteiger partial charge in [-0.05, 0) is 23.6 Å². The third-order valence-corrected chi connectivity index (χ3v) is 4.11. The summed E-state index contributed by atoms with van der Waals surface area (Å²) in [6.45, 7) is 4.50. The number of rotatable bonds is 6. The molecular formula is C13H18N2O2S. The molecule has 0 spiro atoms. The summed E-state index contributed by atoms with van der Waals surface area (Å²) >= 11 is 0. The van der Waals surface area contributed by atoms with Crippen LogP contribution in [0.3, 0.4) is 0 Å². The number of nitrogens with one attached hydrogen (secondary N) is 1. The molecular weight excluding hydrogens is 248 g/mol. The van der Waals surface area contributed by atoms with Crippen LogP contribution in [0, 0.1) is 17.2 Å². The van der Waals surface area contributed by atoms with Gasteiger partial charge in [-0.3, -0.25) is 0 Å². The Labute approximate surface area is 109 Å². The van der Waals surface area contributed by atoms with E-state index in [1.165, 1.54) is 0 Å². The van der Waals surface area contributed by atoms with Crippen LogP contribution >= 0.6 is 0 Å². The van der Waals surface area contributed by atoms with E-state index < -0.39 is 10.0 Å². The van der Waals surface area contributed by atoms with Crippen molar-refractivity contribution in [3.05, 3.63) is 35.4 Å². The van der Waals surface area contributed by atoms with E-state index in [1.807, 2.05) is 19.9 Å². The quantitative estimate of drug-likeness (QED) is 0.856. The topological polar surface area (TPSA) is 70.0 Å². The SMILES string of the molecule is CCC(C)CNS(=O)(=O)Cc1ccc(C#N)cc1. The Morgan fingerprint density at radius 3 is 2.44 bits per heavy atom. The van der Waals surface area contributed by atoms with Gasteiger partial charge in [0, 0.05) is 6.54 Å². The Kier molecular flexibility index (Phi) is 5.32. The molecule has 0 amide bonds. The first-order valence-electron chi connectivity index (χ1n) is 5.93. The molecule has 1 atom stereocenters. The molecule has 1 rings (SSSR count). The summed E-state index contributed by atoms with van der Waals surface area (Å²) in [5.74, 6) is 0.288. The summed E-state index contributed by atoms with van der Waals surface area (Å²) in [4.78, 5) is 0. The van der Waals surface area contributed by atoms with Crippen LogP contribution in [-0.4, -0.2) is 15.0 Å². The van der Waals surface area contributed by atoms with Crippen molar-refractivity contribution in [2.45, 2.75) is 26.0 Å². The third kappa shape index (κ3) is 4.86. The first kappa shape index (κ1) is 14.7. The van der Waals surface area contributed by atoms with E-state index >= 15 is 0 Å². The van der Waals surface area contributed by atoms with Gasteiger partial charge in [-0.1, -0.05) is 32.4 Å². The van der Waals surface area contributed by atoms with Gasteiger partial charge in [0.2, 0.25) is 10.0 Å². The highest BCUT2D eigenvalue weighted by Crippen LogP contribution is 2.08. The first-order valence-corrected chi connectivity index (χ1v) is 7.58. The Bertz CT molecular complexity index is 515. The molecule has 0 saturated heterocycles. The van der Waals surface area contributed by atoms with Crippen LogP contribution < -0.4 is 4.72 Å². The molecule has 1 aromatic carbocycles. The van der Waals surface area contributed by atoms with Crippen LogP contribution in [0.25, 0.3) is 0 Å². The average Bonchev–Trinajstić information content (AvgIpc) is 2.36. The molecule has 0 saturated carbocycles. The van der Waals surface area contributed by atoms with E-state index in [0.29, 0.717) is 23.6 Å².